The number of amides is 1. The molecule has 2 aliphatic rings. The average Bonchev–Trinajstić information content (AvgIpc) is 3.32. The second-order valence-corrected chi connectivity index (χ2v) is 8.61. The molecule has 0 saturated carbocycles. The number of nitrogens with zero attached hydrogens (tertiary/aromatic N) is 5. The minimum Gasteiger partial charge on any atom is -0.350 e. The number of thiophene rings is 1. The summed E-state index contributed by atoms with van der Waals surface area (Å²) >= 11 is 1.72. The normalized spacial score (nSPS) is 22.7. The quantitative estimate of drug-likeness (QED) is 0.663. The van der Waals surface area contributed by atoms with Crippen LogP contribution in [-0.4, -0.2) is 50.9 Å². The van der Waals surface area contributed by atoms with Gasteiger partial charge in [-0.25, -0.2) is 9.97 Å². The first-order chi connectivity index (χ1) is 13.8. The van der Waals surface area contributed by atoms with Gasteiger partial charge in [0.15, 0.2) is 0 Å². The van der Waals surface area contributed by atoms with E-state index in [1.807, 2.05) is 4.90 Å². The third-order valence-corrected chi connectivity index (χ3v) is 7.11. The number of hydrogen-bond donors (Lipinski definition) is 0. The Morgan fingerprint density at radius 1 is 1.00 bits per heavy atom. The van der Waals surface area contributed by atoms with Crippen molar-refractivity contribution in [3.63, 3.8) is 0 Å². The van der Waals surface area contributed by atoms with Gasteiger partial charge in [-0.3, -0.25) is 9.78 Å². The van der Waals surface area contributed by atoms with Crippen LogP contribution in [0.2, 0.25) is 0 Å². The average molecular weight is 394 g/mol. The predicted octanol–water partition coefficient (Wildman–Crippen LogP) is 3.75. The smallest absolute Gasteiger partial charge is 0.253 e. The van der Waals surface area contributed by atoms with Gasteiger partial charge < -0.3 is 9.80 Å². The molecule has 0 unspecified atom stereocenters. The Hall–Kier alpha value is -2.54. The molecule has 0 N–H and O–H groups in total. The van der Waals surface area contributed by atoms with Crippen molar-refractivity contribution in [2.45, 2.75) is 37.6 Å². The topological polar surface area (TPSA) is 62.2 Å². The van der Waals surface area contributed by atoms with Crippen LogP contribution < -0.4 is 4.90 Å². The standard InChI is InChI=1S/C21H23N5OS/c27-20(16-3-9-22-10-4-16)25-11-1-6-21(8-13-25)7-2-12-26(21)19-18-17(5-14-28-18)23-15-24-19/h3-5,9-10,14-15H,1-2,6-8,11-13H2/t21-/m0/s1. The molecule has 1 spiro atoms. The van der Waals surface area contributed by atoms with Crippen LogP contribution in [-0.2, 0) is 0 Å². The number of fused-ring (bicyclic) bond motifs is 1. The molecule has 7 heteroatoms. The highest BCUT2D eigenvalue weighted by atomic mass is 32.1. The minimum absolute atomic E-state index is 0.0958. The summed E-state index contributed by atoms with van der Waals surface area (Å²) in [7, 11) is 0. The highest BCUT2D eigenvalue weighted by Gasteiger charge is 2.43. The van der Waals surface area contributed by atoms with E-state index in [1.54, 1.807) is 42.2 Å². The molecule has 2 aliphatic heterocycles. The molecule has 0 radical (unpaired) electrons. The van der Waals surface area contributed by atoms with E-state index in [1.165, 1.54) is 17.5 Å². The van der Waals surface area contributed by atoms with Crippen molar-refractivity contribution in [3.05, 3.63) is 47.9 Å². The van der Waals surface area contributed by atoms with Crippen LogP contribution >= 0.6 is 11.3 Å². The number of pyridine rings is 1. The van der Waals surface area contributed by atoms with Crippen molar-refractivity contribution in [3.8, 4) is 0 Å². The molecule has 6 nitrogen and oxygen atoms in total. The SMILES string of the molecule is O=C(c1ccncc1)N1CCC[C@]2(CCCN2c2ncnc3ccsc23)CC1. The lowest BCUT2D eigenvalue weighted by Gasteiger charge is -2.39. The summed E-state index contributed by atoms with van der Waals surface area (Å²) in [5.74, 6) is 1.19. The van der Waals surface area contributed by atoms with Gasteiger partial charge in [0.05, 0.1) is 10.2 Å². The van der Waals surface area contributed by atoms with E-state index < -0.39 is 0 Å². The van der Waals surface area contributed by atoms with Gasteiger partial charge in [0.25, 0.3) is 5.91 Å². The van der Waals surface area contributed by atoms with Gasteiger partial charge in [-0.2, -0.15) is 0 Å². The lowest BCUT2D eigenvalue weighted by Crippen LogP contribution is -2.45. The number of carbonyl (C=O) groups excluding carboxylic acids is 1. The van der Waals surface area contributed by atoms with Gasteiger partial charge in [0, 0.05) is 43.1 Å². The Morgan fingerprint density at radius 3 is 2.68 bits per heavy atom. The third kappa shape index (κ3) is 2.94. The largest absolute Gasteiger partial charge is 0.350 e. The molecule has 2 fully saturated rings. The number of aromatic nitrogens is 3. The Kier molecular flexibility index (Phi) is 4.47. The van der Waals surface area contributed by atoms with E-state index in [-0.39, 0.29) is 11.4 Å². The van der Waals surface area contributed by atoms with E-state index in [0.717, 1.165) is 55.8 Å². The first kappa shape index (κ1) is 17.6. The number of likely N-dealkylation sites (tertiary alicyclic amines) is 1. The van der Waals surface area contributed by atoms with Crippen LogP contribution in [0, 0.1) is 0 Å². The lowest BCUT2D eigenvalue weighted by atomic mass is 9.87. The molecule has 0 aliphatic carbocycles. The molecule has 0 aromatic carbocycles. The summed E-state index contributed by atoms with van der Waals surface area (Å²) in [6.07, 6.45) is 10.5. The minimum atomic E-state index is 0.0958. The molecule has 5 heterocycles. The van der Waals surface area contributed by atoms with Gasteiger partial charge in [0.2, 0.25) is 0 Å². The molecule has 3 aromatic heterocycles. The fourth-order valence-electron chi connectivity index (χ4n) is 4.82. The molecule has 5 rings (SSSR count). The van der Waals surface area contributed by atoms with Gasteiger partial charge in [0.1, 0.15) is 12.1 Å². The van der Waals surface area contributed by atoms with Crippen LogP contribution in [0.5, 0.6) is 0 Å². The van der Waals surface area contributed by atoms with Crippen LogP contribution in [0.15, 0.2) is 42.3 Å². The molecule has 28 heavy (non-hydrogen) atoms. The van der Waals surface area contributed by atoms with Crippen molar-refractivity contribution < 1.29 is 4.79 Å². The highest BCUT2D eigenvalue weighted by molar-refractivity contribution is 7.17. The van der Waals surface area contributed by atoms with Crippen LogP contribution in [0.4, 0.5) is 5.82 Å². The van der Waals surface area contributed by atoms with Crippen LogP contribution in [0.3, 0.4) is 0 Å². The maximum Gasteiger partial charge on any atom is 0.253 e. The molecule has 1 atom stereocenters. The molecule has 144 valence electrons. The molecular weight excluding hydrogens is 370 g/mol. The van der Waals surface area contributed by atoms with E-state index >= 15 is 0 Å². The fraction of sp³-hybridized carbons (Fsp3) is 0.429. The van der Waals surface area contributed by atoms with Crippen molar-refractivity contribution in [1.82, 2.24) is 19.9 Å². The number of rotatable bonds is 2. The third-order valence-electron chi connectivity index (χ3n) is 6.21. The Morgan fingerprint density at radius 2 is 1.82 bits per heavy atom. The first-order valence-corrected chi connectivity index (χ1v) is 10.8. The summed E-state index contributed by atoms with van der Waals surface area (Å²) in [4.78, 5) is 30.6. The maximum absolute atomic E-state index is 12.9. The summed E-state index contributed by atoms with van der Waals surface area (Å²) in [6, 6.07) is 5.68. The van der Waals surface area contributed by atoms with E-state index in [2.05, 4.69) is 31.3 Å². The molecule has 2 saturated heterocycles. The summed E-state index contributed by atoms with van der Waals surface area (Å²) < 4.78 is 1.18. The Labute approximate surface area is 168 Å². The first-order valence-electron chi connectivity index (χ1n) is 9.92. The van der Waals surface area contributed by atoms with Gasteiger partial charge >= 0.3 is 0 Å². The molecule has 0 bridgehead atoms. The summed E-state index contributed by atoms with van der Waals surface area (Å²) in [5.41, 5.74) is 1.85. The molecule has 1 amide bonds. The maximum atomic E-state index is 12.9. The van der Waals surface area contributed by atoms with E-state index in [0.29, 0.717) is 0 Å². The number of hydrogen-bond acceptors (Lipinski definition) is 6. The summed E-state index contributed by atoms with van der Waals surface area (Å²) in [5, 5.41) is 2.09. The van der Waals surface area contributed by atoms with Crippen LogP contribution in [0.25, 0.3) is 10.2 Å². The number of anilines is 1. The Bertz CT molecular complexity index is 991. The Balaban J connectivity index is 1.41. The van der Waals surface area contributed by atoms with Crippen molar-refractivity contribution in [2.24, 2.45) is 0 Å². The zero-order valence-electron chi connectivity index (χ0n) is 15.8. The van der Waals surface area contributed by atoms with Gasteiger partial charge in [-0.1, -0.05) is 0 Å². The van der Waals surface area contributed by atoms with E-state index in [4.69, 9.17) is 0 Å². The molecular formula is C21H23N5OS. The van der Waals surface area contributed by atoms with Crippen molar-refractivity contribution >= 4 is 33.3 Å². The molecule has 3 aromatic rings. The monoisotopic (exact) mass is 393 g/mol. The predicted molar refractivity (Wildman–Crippen MR) is 111 cm³/mol. The van der Waals surface area contributed by atoms with Crippen molar-refractivity contribution in [1.29, 1.82) is 0 Å². The second-order valence-electron chi connectivity index (χ2n) is 7.69. The van der Waals surface area contributed by atoms with E-state index in [9.17, 15) is 4.79 Å². The van der Waals surface area contributed by atoms with Gasteiger partial charge in [-0.05, 0) is 55.7 Å². The summed E-state index contributed by atoms with van der Waals surface area (Å²) in [6.45, 7) is 2.63. The lowest BCUT2D eigenvalue weighted by molar-refractivity contribution is 0.0759. The number of carbonyl (C=O) groups is 1. The van der Waals surface area contributed by atoms with Crippen molar-refractivity contribution in [2.75, 3.05) is 24.5 Å². The highest BCUT2D eigenvalue weighted by Crippen LogP contribution is 2.43. The zero-order chi connectivity index (χ0) is 19.0. The fourth-order valence-corrected chi connectivity index (χ4v) is 5.66. The zero-order valence-corrected chi connectivity index (χ0v) is 16.6. The van der Waals surface area contributed by atoms with Crippen LogP contribution in [0.1, 0.15) is 42.5 Å². The second kappa shape index (κ2) is 7.13. The van der Waals surface area contributed by atoms with Gasteiger partial charge in [-0.15, -0.1) is 11.3 Å².